The molecule has 1 saturated carbocycles. The number of nitrogens with one attached hydrogen (secondary N) is 1. The topological polar surface area (TPSA) is 47.6 Å². The van der Waals surface area contributed by atoms with E-state index in [2.05, 4.69) is 5.32 Å². The molecular weight excluding hydrogens is 340 g/mol. The van der Waals surface area contributed by atoms with Gasteiger partial charge >= 0.3 is 0 Å². The van der Waals surface area contributed by atoms with E-state index in [1.807, 2.05) is 0 Å². The quantitative estimate of drug-likeness (QED) is 0.838. The highest BCUT2D eigenvalue weighted by molar-refractivity contribution is 5.94. The van der Waals surface area contributed by atoms with Crippen molar-refractivity contribution in [2.75, 3.05) is 7.11 Å². The van der Waals surface area contributed by atoms with Gasteiger partial charge in [-0.3, -0.25) is 4.79 Å². The Hall–Kier alpha value is -2.63. The Labute approximate surface area is 151 Å². The van der Waals surface area contributed by atoms with Gasteiger partial charge in [0.25, 0.3) is 5.91 Å². The predicted molar refractivity (Wildman–Crippen MR) is 93.4 cm³/mol. The van der Waals surface area contributed by atoms with E-state index in [4.69, 9.17) is 9.47 Å². The van der Waals surface area contributed by atoms with E-state index in [1.54, 1.807) is 18.2 Å². The Bertz CT molecular complexity index is 768. The fourth-order valence-electron chi connectivity index (χ4n) is 3.09. The number of carbonyl (C=O) groups is 1. The highest BCUT2D eigenvalue weighted by atomic mass is 19.1. The third-order valence-corrected chi connectivity index (χ3v) is 4.40. The zero-order valence-electron chi connectivity index (χ0n) is 14.6. The first-order valence-corrected chi connectivity index (χ1v) is 8.63. The summed E-state index contributed by atoms with van der Waals surface area (Å²) < 4.78 is 37.7. The van der Waals surface area contributed by atoms with Crippen LogP contribution in [-0.4, -0.2) is 19.1 Å². The Balaban J connectivity index is 1.66. The van der Waals surface area contributed by atoms with Crippen molar-refractivity contribution in [1.29, 1.82) is 0 Å². The number of rotatable bonds is 6. The molecule has 0 bridgehead atoms. The second kappa shape index (κ2) is 8.17. The molecule has 2 aromatic carbocycles. The maximum Gasteiger partial charge on any atom is 0.251 e. The molecule has 0 aliphatic heterocycles. The van der Waals surface area contributed by atoms with Crippen LogP contribution in [0.5, 0.6) is 11.5 Å². The average molecular weight is 361 g/mol. The lowest BCUT2D eigenvalue weighted by Gasteiger charge is -2.16. The number of hydrogen-bond donors (Lipinski definition) is 1. The van der Waals surface area contributed by atoms with Crippen LogP contribution in [0.1, 0.15) is 41.6 Å². The van der Waals surface area contributed by atoms with Crippen LogP contribution in [0.3, 0.4) is 0 Å². The summed E-state index contributed by atoms with van der Waals surface area (Å²) >= 11 is 0. The molecule has 26 heavy (non-hydrogen) atoms. The number of ether oxygens (including phenoxy) is 2. The molecule has 0 spiro atoms. The molecule has 0 saturated heterocycles. The second-order valence-corrected chi connectivity index (χ2v) is 6.35. The molecule has 0 unspecified atom stereocenters. The van der Waals surface area contributed by atoms with Gasteiger partial charge in [-0.2, -0.15) is 0 Å². The molecule has 3 rings (SSSR count). The van der Waals surface area contributed by atoms with E-state index in [0.717, 1.165) is 31.7 Å². The normalized spacial score (nSPS) is 14.3. The molecule has 1 N–H and O–H groups in total. The van der Waals surface area contributed by atoms with Crippen molar-refractivity contribution in [3.8, 4) is 11.5 Å². The van der Waals surface area contributed by atoms with Crippen molar-refractivity contribution in [2.24, 2.45) is 0 Å². The van der Waals surface area contributed by atoms with Gasteiger partial charge in [0.2, 0.25) is 0 Å². The number of methoxy groups -OCH3 is 1. The standard InChI is InChI=1S/C20H21F2NO3/c1-25-19-10-14(6-7-18(19)26-17-4-2-3-5-17)20(24)23-12-13-8-15(21)11-16(22)9-13/h6-11,17H,2-5,12H2,1H3,(H,23,24). The minimum Gasteiger partial charge on any atom is -0.493 e. The van der Waals surface area contributed by atoms with Gasteiger partial charge in [-0.1, -0.05) is 0 Å². The maximum absolute atomic E-state index is 13.2. The monoisotopic (exact) mass is 361 g/mol. The van der Waals surface area contributed by atoms with Crippen LogP contribution in [0.2, 0.25) is 0 Å². The summed E-state index contributed by atoms with van der Waals surface area (Å²) in [4.78, 5) is 12.3. The minimum absolute atomic E-state index is 0.0240. The minimum atomic E-state index is -0.677. The van der Waals surface area contributed by atoms with Crippen molar-refractivity contribution in [2.45, 2.75) is 38.3 Å². The fourth-order valence-corrected chi connectivity index (χ4v) is 3.09. The summed E-state index contributed by atoms with van der Waals surface area (Å²) in [7, 11) is 1.52. The maximum atomic E-state index is 13.2. The number of halogens is 2. The van der Waals surface area contributed by atoms with Gasteiger partial charge in [0, 0.05) is 18.2 Å². The molecule has 1 amide bonds. The summed E-state index contributed by atoms with van der Waals surface area (Å²) in [6.45, 7) is 0.0240. The van der Waals surface area contributed by atoms with Gasteiger partial charge < -0.3 is 14.8 Å². The summed E-state index contributed by atoms with van der Waals surface area (Å²) in [6, 6.07) is 8.12. The zero-order chi connectivity index (χ0) is 18.5. The van der Waals surface area contributed by atoms with Gasteiger partial charge in [-0.05, 0) is 61.6 Å². The van der Waals surface area contributed by atoms with Crippen LogP contribution in [0.15, 0.2) is 36.4 Å². The van der Waals surface area contributed by atoms with Crippen molar-refractivity contribution in [1.82, 2.24) is 5.32 Å². The summed E-state index contributed by atoms with van der Waals surface area (Å²) in [5.41, 5.74) is 0.737. The summed E-state index contributed by atoms with van der Waals surface area (Å²) in [5, 5.41) is 2.64. The lowest BCUT2D eigenvalue weighted by molar-refractivity contribution is 0.0950. The van der Waals surface area contributed by atoms with E-state index in [9.17, 15) is 13.6 Å². The predicted octanol–water partition coefficient (Wildman–Crippen LogP) is 4.22. The Morgan fingerprint density at radius 1 is 1.08 bits per heavy atom. The van der Waals surface area contributed by atoms with E-state index in [-0.39, 0.29) is 18.6 Å². The largest absolute Gasteiger partial charge is 0.493 e. The average Bonchev–Trinajstić information content (AvgIpc) is 3.12. The highest BCUT2D eigenvalue weighted by Gasteiger charge is 2.19. The van der Waals surface area contributed by atoms with E-state index in [0.29, 0.717) is 22.6 Å². The van der Waals surface area contributed by atoms with Crippen LogP contribution >= 0.6 is 0 Å². The van der Waals surface area contributed by atoms with Crippen LogP contribution in [0.25, 0.3) is 0 Å². The van der Waals surface area contributed by atoms with Crippen LogP contribution < -0.4 is 14.8 Å². The molecule has 0 atom stereocenters. The highest BCUT2D eigenvalue weighted by Crippen LogP contribution is 2.32. The molecule has 1 aliphatic carbocycles. The fraction of sp³-hybridized carbons (Fsp3) is 0.350. The van der Waals surface area contributed by atoms with Crippen molar-refractivity contribution in [3.05, 3.63) is 59.2 Å². The molecule has 0 heterocycles. The molecular formula is C20H21F2NO3. The Morgan fingerprint density at radius 2 is 1.77 bits per heavy atom. The number of hydrogen-bond acceptors (Lipinski definition) is 3. The lowest BCUT2D eigenvalue weighted by atomic mass is 10.1. The van der Waals surface area contributed by atoms with Crippen LogP contribution in [0, 0.1) is 11.6 Å². The Morgan fingerprint density at radius 3 is 2.42 bits per heavy atom. The van der Waals surface area contributed by atoms with Crippen LogP contribution in [0.4, 0.5) is 8.78 Å². The third kappa shape index (κ3) is 4.50. The number of carbonyl (C=O) groups excluding carboxylic acids is 1. The first kappa shape index (κ1) is 18.2. The molecule has 2 aromatic rings. The molecule has 4 nitrogen and oxygen atoms in total. The van der Waals surface area contributed by atoms with Gasteiger partial charge in [0.1, 0.15) is 11.6 Å². The van der Waals surface area contributed by atoms with E-state index in [1.165, 1.54) is 19.2 Å². The number of amides is 1. The van der Waals surface area contributed by atoms with Gasteiger partial charge in [0.05, 0.1) is 13.2 Å². The summed E-state index contributed by atoms with van der Waals surface area (Å²) in [6.07, 6.45) is 4.56. The van der Waals surface area contributed by atoms with Gasteiger partial charge in [0.15, 0.2) is 11.5 Å². The van der Waals surface area contributed by atoms with E-state index < -0.39 is 11.6 Å². The van der Waals surface area contributed by atoms with Gasteiger partial charge in [-0.25, -0.2) is 8.78 Å². The SMILES string of the molecule is COc1cc(C(=O)NCc2cc(F)cc(F)c2)ccc1OC1CCCC1. The second-order valence-electron chi connectivity index (χ2n) is 6.35. The third-order valence-electron chi connectivity index (χ3n) is 4.40. The smallest absolute Gasteiger partial charge is 0.251 e. The van der Waals surface area contributed by atoms with Crippen molar-refractivity contribution in [3.63, 3.8) is 0 Å². The van der Waals surface area contributed by atoms with Gasteiger partial charge in [-0.15, -0.1) is 0 Å². The first-order valence-electron chi connectivity index (χ1n) is 8.63. The van der Waals surface area contributed by atoms with Crippen molar-refractivity contribution < 1.29 is 23.0 Å². The summed E-state index contributed by atoms with van der Waals surface area (Å²) in [5.74, 6) is -0.612. The molecule has 0 radical (unpaired) electrons. The first-order chi connectivity index (χ1) is 12.5. The Kier molecular flexibility index (Phi) is 5.71. The molecule has 0 aromatic heterocycles. The van der Waals surface area contributed by atoms with Crippen molar-refractivity contribution >= 4 is 5.91 Å². The molecule has 1 aliphatic rings. The van der Waals surface area contributed by atoms with E-state index >= 15 is 0 Å². The molecule has 6 heteroatoms. The molecule has 1 fully saturated rings. The lowest BCUT2D eigenvalue weighted by Crippen LogP contribution is -2.23. The van der Waals surface area contributed by atoms with Crippen LogP contribution in [-0.2, 0) is 6.54 Å². The molecule has 138 valence electrons. The zero-order valence-corrected chi connectivity index (χ0v) is 14.6. The number of benzene rings is 2.